The summed E-state index contributed by atoms with van der Waals surface area (Å²) in [6.07, 6.45) is 3.50. The summed E-state index contributed by atoms with van der Waals surface area (Å²) in [5, 5.41) is 0.843. The minimum absolute atomic E-state index is 0.656. The first kappa shape index (κ1) is 13.7. The molecular weight excluding hydrogens is 266 g/mol. The Labute approximate surface area is 126 Å². The summed E-state index contributed by atoms with van der Waals surface area (Å²) in [6.45, 7) is 0. The number of nitrogens with zero attached hydrogens (tertiary/aromatic N) is 1. The molecule has 3 rings (SSSR count). The molecule has 1 nitrogen and oxygen atoms in total. The molecule has 0 bridgehead atoms. The van der Waals surface area contributed by atoms with Gasteiger partial charge in [-0.2, -0.15) is 0 Å². The molecule has 0 fully saturated rings. The average molecular weight is 286 g/mol. The van der Waals surface area contributed by atoms with Crippen molar-refractivity contribution in [3.8, 4) is 11.1 Å². The van der Waals surface area contributed by atoms with Crippen LogP contribution in [0.1, 0.15) is 17.5 Å². The van der Waals surface area contributed by atoms with E-state index in [9.17, 15) is 0 Å². The van der Waals surface area contributed by atoms with Crippen LogP contribution in [0.15, 0.2) is 42.5 Å². The zero-order chi connectivity index (χ0) is 14.1. The molecule has 0 saturated carbocycles. The second-order valence-corrected chi connectivity index (χ2v) is 6.19. The topological polar surface area (TPSA) is 3.24 Å². The van der Waals surface area contributed by atoms with Gasteiger partial charge in [0.05, 0.1) is 0 Å². The minimum Gasteiger partial charge on any atom is -0.306 e. The van der Waals surface area contributed by atoms with E-state index in [1.54, 1.807) is 0 Å². The van der Waals surface area contributed by atoms with Crippen LogP contribution >= 0.6 is 11.6 Å². The van der Waals surface area contributed by atoms with Crippen LogP contribution < -0.4 is 0 Å². The number of hydrogen-bond acceptors (Lipinski definition) is 1. The van der Waals surface area contributed by atoms with E-state index in [2.05, 4.69) is 49.3 Å². The monoisotopic (exact) mass is 285 g/mol. The molecule has 0 heterocycles. The lowest BCUT2D eigenvalue weighted by Gasteiger charge is -2.31. The van der Waals surface area contributed by atoms with E-state index in [1.807, 2.05) is 12.1 Å². The molecule has 0 spiro atoms. The van der Waals surface area contributed by atoms with Crippen molar-refractivity contribution in [2.45, 2.75) is 25.3 Å². The highest BCUT2D eigenvalue weighted by Gasteiger charge is 2.22. The number of rotatable bonds is 2. The van der Waals surface area contributed by atoms with Crippen LogP contribution in [0.2, 0.25) is 5.02 Å². The molecule has 0 radical (unpaired) electrons. The van der Waals surface area contributed by atoms with Crippen molar-refractivity contribution in [3.05, 3.63) is 58.6 Å². The molecule has 0 N–H and O–H groups in total. The van der Waals surface area contributed by atoms with Gasteiger partial charge in [0.25, 0.3) is 0 Å². The maximum absolute atomic E-state index is 6.37. The molecule has 1 aliphatic carbocycles. The maximum Gasteiger partial charge on any atom is 0.0484 e. The van der Waals surface area contributed by atoms with Gasteiger partial charge in [0.15, 0.2) is 0 Å². The molecule has 2 aromatic carbocycles. The minimum atomic E-state index is 0.656. The Morgan fingerprint density at radius 2 is 1.75 bits per heavy atom. The molecule has 104 valence electrons. The van der Waals surface area contributed by atoms with E-state index in [1.165, 1.54) is 23.1 Å². The van der Waals surface area contributed by atoms with Gasteiger partial charge in [0.1, 0.15) is 0 Å². The highest BCUT2D eigenvalue weighted by atomic mass is 35.5. The summed E-state index contributed by atoms with van der Waals surface area (Å²) in [4.78, 5) is 2.34. The van der Waals surface area contributed by atoms with Crippen molar-refractivity contribution >= 4 is 11.6 Å². The fourth-order valence-electron chi connectivity index (χ4n) is 3.16. The molecule has 0 saturated heterocycles. The largest absolute Gasteiger partial charge is 0.306 e. The fourth-order valence-corrected chi connectivity index (χ4v) is 3.40. The smallest absolute Gasteiger partial charge is 0.0484 e. The maximum atomic E-state index is 6.37. The molecule has 1 atom stereocenters. The summed E-state index contributed by atoms with van der Waals surface area (Å²) in [7, 11) is 4.35. The standard InChI is InChI=1S/C18H20ClN/c1-20(2)14-10-11-15-13(12-14)6-5-8-16(15)17-7-3-4-9-18(17)19/h3-9,14H,10-12H2,1-2H3/t14-/m0/s1. The lowest BCUT2D eigenvalue weighted by atomic mass is 9.83. The third kappa shape index (κ3) is 2.48. The van der Waals surface area contributed by atoms with Gasteiger partial charge in [0.2, 0.25) is 0 Å². The number of benzene rings is 2. The molecule has 0 aliphatic heterocycles. The Balaban J connectivity index is 2.04. The molecule has 0 aromatic heterocycles. The van der Waals surface area contributed by atoms with Crippen molar-refractivity contribution in [3.63, 3.8) is 0 Å². The predicted octanol–water partition coefficient (Wildman–Crippen LogP) is 4.43. The van der Waals surface area contributed by atoms with Gasteiger partial charge in [-0.25, -0.2) is 0 Å². The lowest BCUT2D eigenvalue weighted by molar-refractivity contribution is 0.268. The van der Waals surface area contributed by atoms with Gasteiger partial charge in [0, 0.05) is 16.6 Å². The van der Waals surface area contributed by atoms with Crippen LogP contribution in [-0.4, -0.2) is 25.0 Å². The molecule has 2 heteroatoms. The number of fused-ring (bicyclic) bond motifs is 1. The Kier molecular flexibility index (Phi) is 3.82. The van der Waals surface area contributed by atoms with Gasteiger partial charge >= 0.3 is 0 Å². The SMILES string of the molecule is CN(C)[C@H]1CCc2c(cccc2-c2ccccc2Cl)C1. The Morgan fingerprint density at radius 3 is 2.50 bits per heavy atom. The van der Waals surface area contributed by atoms with E-state index >= 15 is 0 Å². The normalized spacial score (nSPS) is 18.1. The van der Waals surface area contributed by atoms with Crippen molar-refractivity contribution < 1.29 is 0 Å². The first-order valence-corrected chi connectivity index (χ1v) is 7.56. The van der Waals surface area contributed by atoms with E-state index < -0.39 is 0 Å². The highest BCUT2D eigenvalue weighted by Crippen LogP contribution is 2.35. The van der Waals surface area contributed by atoms with Crippen molar-refractivity contribution in [1.29, 1.82) is 0 Å². The van der Waals surface area contributed by atoms with E-state index in [0.29, 0.717) is 6.04 Å². The summed E-state index contributed by atoms with van der Waals surface area (Å²) in [6, 6.07) is 15.4. The zero-order valence-electron chi connectivity index (χ0n) is 12.1. The first-order valence-electron chi connectivity index (χ1n) is 7.19. The van der Waals surface area contributed by atoms with Gasteiger partial charge < -0.3 is 4.90 Å². The number of likely N-dealkylation sites (N-methyl/N-ethyl adjacent to an activating group) is 1. The van der Waals surface area contributed by atoms with Crippen molar-refractivity contribution in [2.75, 3.05) is 14.1 Å². The molecular formula is C18H20ClN. The van der Waals surface area contributed by atoms with E-state index in [0.717, 1.165) is 23.4 Å². The summed E-state index contributed by atoms with van der Waals surface area (Å²) in [5.41, 5.74) is 5.44. The van der Waals surface area contributed by atoms with E-state index in [-0.39, 0.29) is 0 Å². The summed E-state index contributed by atoms with van der Waals surface area (Å²) in [5.74, 6) is 0. The zero-order valence-corrected chi connectivity index (χ0v) is 12.8. The summed E-state index contributed by atoms with van der Waals surface area (Å²) >= 11 is 6.37. The van der Waals surface area contributed by atoms with Gasteiger partial charge in [-0.05, 0) is 56.1 Å². The molecule has 0 unspecified atom stereocenters. The second-order valence-electron chi connectivity index (χ2n) is 5.78. The molecule has 2 aromatic rings. The number of halogens is 1. The second kappa shape index (κ2) is 5.59. The summed E-state index contributed by atoms with van der Waals surface area (Å²) < 4.78 is 0. The van der Waals surface area contributed by atoms with Gasteiger partial charge in [-0.1, -0.05) is 48.0 Å². The van der Waals surface area contributed by atoms with Crippen LogP contribution in [0.4, 0.5) is 0 Å². The van der Waals surface area contributed by atoms with Crippen molar-refractivity contribution in [1.82, 2.24) is 4.90 Å². The average Bonchev–Trinajstić information content (AvgIpc) is 2.46. The Hall–Kier alpha value is -1.31. The molecule has 20 heavy (non-hydrogen) atoms. The van der Waals surface area contributed by atoms with Crippen LogP contribution in [0, 0.1) is 0 Å². The molecule has 0 amide bonds. The van der Waals surface area contributed by atoms with Gasteiger partial charge in [-0.3, -0.25) is 0 Å². The van der Waals surface area contributed by atoms with Crippen LogP contribution in [0.25, 0.3) is 11.1 Å². The van der Waals surface area contributed by atoms with E-state index in [4.69, 9.17) is 11.6 Å². The lowest BCUT2D eigenvalue weighted by Crippen LogP contribution is -2.33. The van der Waals surface area contributed by atoms with Gasteiger partial charge in [-0.15, -0.1) is 0 Å². The van der Waals surface area contributed by atoms with Crippen LogP contribution in [0.3, 0.4) is 0 Å². The predicted molar refractivity (Wildman–Crippen MR) is 86.4 cm³/mol. The fraction of sp³-hybridized carbons (Fsp3) is 0.333. The third-order valence-electron chi connectivity index (χ3n) is 4.35. The first-order chi connectivity index (χ1) is 9.66. The van der Waals surface area contributed by atoms with Crippen LogP contribution in [0.5, 0.6) is 0 Å². The van der Waals surface area contributed by atoms with Crippen LogP contribution in [-0.2, 0) is 12.8 Å². The quantitative estimate of drug-likeness (QED) is 0.789. The molecule has 1 aliphatic rings. The Bertz CT molecular complexity index is 619. The number of hydrogen-bond donors (Lipinski definition) is 0. The third-order valence-corrected chi connectivity index (χ3v) is 4.68. The highest BCUT2D eigenvalue weighted by molar-refractivity contribution is 6.33. The Morgan fingerprint density at radius 1 is 1.00 bits per heavy atom. The van der Waals surface area contributed by atoms with Crippen molar-refractivity contribution in [2.24, 2.45) is 0 Å².